The van der Waals surface area contributed by atoms with Gasteiger partial charge in [0.15, 0.2) is 0 Å². The summed E-state index contributed by atoms with van der Waals surface area (Å²) in [6.45, 7) is 12.3. The van der Waals surface area contributed by atoms with E-state index in [1.807, 2.05) is 38.4 Å². The fourth-order valence-corrected chi connectivity index (χ4v) is 5.77. The summed E-state index contributed by atoms with van der Waals surface area (Å²) in [4.78, 5) is 25.2. The smallest absolute Gasteiger partial charge is 0.386 e. The van der Waals surface area contributed by atoms with Crippen LogP contribution in [0, 0.1) is 6.57 Å². The maximum absolute atomic E-state index is 13.4. The first kappa shape index (κ1) is 40.8. The topological polar surface area (TPSA) is 138 Å². The summed E-state index contributed by atoms with van der Waals surface area (Å²) < 4.78 is 31.8. The molecule has 0 fully saturated rings. The van der Waals surface area contributed by atoms with E-state index in [2.05, 4.69) is 32.4 Å². The molecule has 52 heavy (non-hydrogen) atoms. The number of benzene rings is 4. The minimum atomic E-state index is -4.16. The Kier molecular flexibility index (Phi) is 18.0. The van der Waals surface area contributed by atoms with Crippen LogP contribution in [0.25, 0.3) is 22.0 Å². The number of fused-ring (bicyclic) bond motifs is 1. The number of nitrogens with zero attached hydrogens (tertiary/aromatic N) is 4. The zero-order valence-corrected chi connectivity index (χ0v) is 30.5. The lowest BCUT2D eigenvalue weighted by Gasteiger charge is -2.19. The Labute approximate surface area is 305 Å². The molecule has 0 aliphatic carbocycles. The molecule has 0 aliphatic rings. The quantitative estimate of drug-likeness (QED) is 0.0520. The van der Waals surface area contributed by atoms with Gasteiger partial charge in [0, 0.05) is 11.1 Å². The summed E-state index contributed by atoms with van der Waals surface area (Å²) in [5, 5.41) is 14.3. The van der Waals surface area contributed by atoms with Crippen LogP contribution in [-0.4, -0.2) is 61.3 Å². The first-order chi connectivity index (χ1) is 25.4. The average Bonchev–Trinajstić information content (AvgIpc) is 3.59. The highest BCUT2D eigenvalue weighted by molar-refractivity contribution is 7.49. The van der Waals surface area contributed by atoms with E-state index >= 15 is 0 Å². The van der Waals surface area contributed by atoms with E-state index in [1.165, 1.54) is 87.3 Å². The van der Waals surface area contributed by atoms with Gasteiger partial charge in [-0.05, 0) is 118 Å². The SMILES string of the molecule is C#[N+]CCn1nnc2ccccc21.C=Cc1ccc(OP(=O)(Oc2ccc(C=O)cc2)Oc2ccc(C=O)cc2)cc1.CNCCCCCCNC. The third-order valence-corrected chi connectivity index (χ3v) is 8.57. The van der Waals surface area contributed by atoms with E-state index in [-0.39, 0.29) is 17.2 Å². The molecule has 1 aromatic heterocycles. The summed E-state index contributed by atoms with van der Waals surface area (Å²) >= 11 is 0. The highest BCUT2D eigenvalue weighted by atomic mass is 31.2. The normalized spacial score (nSPS) is 10.4. The summed E-state index contributed by atoms with van der Waals surface area (Å²) in [6, 6.07) is 26.5. The van der Waals surface area contributed by atoms with Crippen molar-refractivity contribution < 1.29 is 27.7 Å². The second kappa shape index (κ2) is 23.0. The van der Waals surface area contributed by atoms with Gasteiger partial charge in [0.1, 0.15) is 41.9 Å². The molecular formula is C39H46N6O6P+. The van der Waals surface area contributed by atoms with E-state index in [4.69, 9.17) is 20.1 Å². The number of carbonyl (C=O) groups is 2. The number of para-hydroxylation sites is 1. The molecule has 0 radical (unpaired) electrons. The Hall–Kier alpha value is -5.60. The zero-order chi connectivity index (χ0) is 37.4. The van der Waals surface area contributed by atoms with Crippen molar-refractivity contribution in [1.82, 2.24) is 25.6 Å². The van der Waals surface area contributed by atoms with Crippen molar-refractivity contribution in [3.8, 4) is 23.8 Å². The number of hydrogen-bond acceptors (Lipinski definition) is 10. The lowest BCUT2D eigenvalue weighted by molar-refractivity contribution is 0.111. The Bertz CT molecular complexity index is 1750. The van der Waals surface area contributed by atoms with Crippen molar-refractivity contribution in [2.45, 2.75) is 32.2 Å². The highest BCUT2D eigenvalue weighted by Gasteiger charge is 2.33. The van der Waals surface area contributed by atoms with Crippen LogP contribution in [0.15, 0.2) is 104 Å². The maximum atomic E-state index is 13.4. The number of phosphoric ester groups is 1. The number of aldehydes is 2. The van der Waals surface area contributed by atoms with Gasteiger partial charge in [-0.3, -0.25) is 9.59 Å². The van der Waals surface area contributed by atoms with Gasteiger partial charge in [0.05, 0.1) is 5.52 Å². The first-order valence-corrected chi connectivity index (χ1v) is 18.3. The molecule has 0 unspecified atom stereocenters. The molecule has 0 saturated heterocycles. The van der Waals surface area contributed by atoms with E-state index in [0.29, 0.717) is 36.8 Å². The standard InChI is InChI=1S/C22H17O6P.C9H9N4.C8H20N2/c1-2-17-3-9-20(10-4-17)26-29(25,27-21-11-5-18(15-23)6-12-21)28-22-13-7-19(16-24)8-14-22;1-10-6-7-13-9-5-3-2-4-8(9)11-12-13;1-9-7-5-3-4-6-8-10-2/h2-16H,1H2;1-5H,6-7H2;9-10H,3-8H2,1-2H3/q;+1;. The van der Waals surface area contributed by atoms with Gasteiger partial charge in [-0.25, -0.2) is 4.68 Å². The highest BCUT2D eigenvalue weighted by Crippen LogP contribution is 2.49. The van der Waals surface area contributed by atoms with Gasteiger partial charge >= 0.3 is 7.82 Å². The molecule has 4 aromatic carbocycles. The molecule has 13 heteroatoms. The predicted octanol–water partition coefficient (Wildman–Crippen LogP) is 7.98. The molecule has 0 saturated carbocycles. The summed E-state index contributed by atoms with van der Waals surface area (Å²) in [6.07, 6.45) is 8.41. The first-order valence-electron chi connectivity index (χ1n) is 16.8. The molecule has 5 aromatic rings. The van der Waals surface area contributed by atoms with Gasteiger partial charge in [-0.1, -0.05) is 59.8 Å². The van der Waals surface area contributed by atoms with E-state index in [0.717, 1.165) is 16.6 Å². The number of nitrogens with one attached hydrogen (secondary N) is 2. The summed E-state index contributed by atoms with van der Waals surface area (Å²) in [5.41, 5.74) is 3.67. The Morgan fingerprint density at radius 1 is 0.731 bits per heavy atom. The molecule has 0 atom stereocenters. The second-order valence-electron chi connectivity index (χ2n) is 11.2. The van der Waals surface area contributed by atoms with Gasteiger partial charge in [-0.15, -0.1) is 5.10 Å². The van der Waals surface area contributed by atoms with Crippen LogP contribution in [0.3, 0.4) is 0 Å². The predicted molar refractivity (Wildman–Crippen MR) is 207 cm³/mol. The Morgan fingerprint density at radius 2 is 1.19 bits per heavy atom. The van der Waals surface area contributed by atoms with E-state index in [1.54, 1.807) is 35.0 Å². The van der Waals surface area contributed by atoms with Crippen LogP contribution in [0.5, 0.6) is 17.2 Å². The summed E-state index contributed by atoms with van der Waals surface area (Å²) in [5.74, 6) is 0.672. The minimum absolute atomic E-state index is 0.200. The largest absolute Gasteiger partial charge is 0.647 e. The number of aromatic nitrogens is 3. The average molecular weight is 726 g/mol. The van der Waals surface area contributed by atoms with Crippen LogP contribution in [0.1, 0.15) is 52.0 Å². The molecule has 0 spiro atoms. The van der Waals surface area contributed by atoms with Crippen molar-refractivity contribution in [2.24, 2.45) is 0 Å². The fraction of sp³-hybridized carbons (Fsp3) is 0.256. The van der Waals surface area contributed by atoms with Gasteiger partial charge in [-0.2, -0.15) is 4.57 Å². The van der Waals surface area contributed by atoms with Gasteiger partial charge < -0.3 is 24.2 Å². The van der Waals surface area contributed by atoms with E-state index < -0.39 is 7.82 Å². The van der Waals surface area contributed by atoms with Crippen molar-refractivity contribution in [2.75, 3.05) is 33.7 Å². The van der Waals surface area contributed by atoms with Crippen molar-refractivity contribution in [1.29, 1.82) is 0 Å². The third kappa shape index (κ3) is 14.3. The Balaban J connectivity index is 0.000000259. The zero-order valence-electron chi connectivity index (χ0n) is 29.6. The molecular weight excluding hydrogens is 679 g/mol. The minimum Gasteiger partial charge on any atom is -0.386 e. The van der Waals surface area contributed by atoms with Crippen LogP contribution in [0.4, 0.5) is 0 Å². The van der Waals surface area contributed by atoms with Gasteiger partial charge in [0.2, 0.25) is 0 Å². The number of phosphoric acid groups is 1. The molecule has 12 nitrogen and oxygen atoms in total. The number of hydrogen-bond donors (Lipinski definition) is 2. The van der Waals surface area contributed by atoms with Crippen LogP contribution in [-0.2, 0) is 11.1 Å². The van der Waals surface area contributed by atoms with Gasteiger partial charge in [0.25, 0.3) is 13.1 Å². The lowest BCUT2D eigenvalue weighted by atomic mass is 10.2. The number of carbonyl (C=O) groups excluding carboxylic acids is 2. The second-order valence-corrected chi connectivity index (χ2v) is 12.6. The van der Waals surface area contributed by atoms with Crippen molar-refractivity contribution >= 4 is 37.5 Å². The monoisotopic (exact) mass is 725 g/mol. The lowest BCUT2D eigenvalue weighted by Crippen LogP contribution is -2.09. The van der Waals surface area contributed by atoms with Crippen LogP contribution in [0.2, 0.25) is 0 Å². The number of unbranched alkanes of at least 4 members (excludes halogenated alkanes) is 3. The van der Waals surface area contributed by atoms with Crippen LogP contribution >= 0.6 is 7.82 Å². The molecule has 1 heterocycles. The van der Waals surface area contributed by atoms with Crippen LogP contribution < -0.4 is 24.2 Å². The third-order valence-electron chi connectivity index (χ3n) is 7.26. The van der Waals surface area contributed by atoms with Crippen molar-refractivity contribution in [3.05, 3.63) is 125 Å². The van der Waals surface area contributed by atoms with E-state index in [9.17, 15) is 14.2 Å². The fourth-order valence-electron chi connectivity index (χ4n) is 4.51. The Morgan fingerprint density at radius 3 is 1.62 bits per heavy atom. The molecule has 2 N–H and O–H groups in total. The molecule has 5 rings (SSSR count). The molecule has 272 valence electrons. The summed E-state index contributed by atoms with van der Waals surface area (Å²) in [7, 11) is -0.143. The molecule has 0 aliphatic heterocycles. The number of rotatable bonds is 18. The molecule has 0 amide bonds. The maximum Gasteiger partial charge on any atom is 0.647 e. The van der Waals surface area contributed by atoms with Crippen molar-refractivity contribution in [3.63, 3.8) is 0 Å². The molecule has 0 bridgehead atoms.